The third-order valence-electron chi connectivity index (χ3n) is 4.29. The van der Waals surface area contributed by atoms with Crippen molar-refractivity contribution in [2.24, 2.45) is 11.8 Å². The minimum absolute atomic E-state index is 0.565. The SMILES string of the molecule is C=CCOc1ccc(CNC2CCC(C)CC2C)cc1. The van der Waals surface area contributed by atoms with Crippen LogP contribution in [0.2, 0.25) is 0 Å². The molecule has 1 fully saturated rings. The molecular weight excluding hydrogens is 246 g/mol. The second-order valence-corrected chi connectivity index (χ2v) is 6.13. The first-order valence-electron chi connectivity index (χ1n) is 7.75. The first kappa shape index (κ1) is 15.1. The quantitative estimate of drug-likeness (QED) is 0.786. The average Bonchev–Trinajstić information content (AvgIpc) is 2.45. The molecule has 0 aliphatic heterocycles. The van der Waals surface area contributed by atoms with Gasteiger partial charge in [0.1, 0.15) is 12.4 Å². The van der Waals surface area contributed by atoms with Crippen LogP contribution in [0.25, 0.3) is 0 Å². The van der Waals surface area contributed by atoms with Crippen molar-refractivity contribution >= 4 is 0 Å². The Bertz CT molecular complexity index is 412. The first-order valence-corrected chi connectivity index (χ1v) is 7.75. The molecule has 2 heteroatoms. The third-order valence-corrected chi connectivity index (χ3v) is 4.29. The van der Waals surface area contributed by atoms with E-state index in [1.807, 2.05) is 12.1 Å². The van der Waals surface area contributed by atoms with E-state index in [2.05, 4.69) is 37.9 Å². The average molecular weight is 273 g/mol. The van der Waals surface area contributed by atoms with Crippen LogP contribution in [-0.4, -0.2) is 12.6 Å². The molecule has 0 aromatic heterocycles. The van der Waals surface area contributed by atoms with Gasteiger partial charge in [0.25, 0.3) is 0 Å². The van der Waals surface area contributed by atoms with Crippen LogP contribution in [0.15, 0.2) is 36.9 Å². The largest absolute Gasteiger partial charge is 0.490 e. The highest BCUT2D eigenvalue weighted by Gasteiger charge is 2.24. The summed E-state index contributed by atoms with van der Waals surface area (Å²) in [5.74, 6) is 2.59. The second-order valence-electron chi connectivity index (χ2n) is 6.13. The fourth-order valence-electron chi connectivity index (χ4n) is 3.08. The maximum Gasteiger partial charge on any atom is 0.119 e. The molecule has 1 aliphatic carbocycles. The number of hydrogen-bond acceptors (Lipinski definition) is 2. The van der Waals surface area contributed by atoms with E-state index in [1.165, 1.54) is 24.8 Å². The van der Waals surface area contributed by atoms with E-state index in [0.717, 1.165) is 24.1 Å². The smallest absolute Gasteiger partial charge is 0.119 e. The second kappa shape index (κ2) is 7.49. The minimum atomic E-state index is 0.565. The third kappa shape index (κ3) is 4.38. The van der Waals surface area contributed by atoms with Gasteiger partial charge in [-0.25, -0.2) is 0 Å². The first-order chi connectivity index (χ1) is 9.69. The van der Waals surface area contributed by atoms with Crippen LogP contribution in [0.3, 0.4) is 0 Å². The molecule has 1 saturated carbocycles. The van der Waals surface area contributed by atoms with Gasteiger partial charge in [-0.2, -0.15) is 0 Å². The minimum Gasteiger partial charge on any atom is -0.490 e. The van der Waals surface area contributed by atoms with Crippen LogP contribution in [0, 0.1) is 11.8 Å². The van der Waals surface area contributed by atoms with Crippen LogP contribution in [0.1, 0.15) is 38.7 Å². The zero-order valence-electron chi connectivity index (χ0n) is 12.8. The van der Waals surface area contributed by atoms with Gasteiger partial charge < -0.3 is 10.1 Å². The lowest BCUT2D eigenvalue weighted by Gasteiger charge is -2.33. The van der Waals surface area contributed by atoms with Crippen molar-refractivity contribution in [3.63, 3.8) is 0 Å². The number of rotatable bonds is 6. The lowest BCUT2D eigenvalue weighted by atomic mass is 9.80. The number of hydrogen-bond donors (Lipinski definition) is 1. The molecule has 3 unspecified atom stereocenters. The van der Waals surface area contributed by atoms with Crippen LogP contribution in [0.4, 0.5) is 0 Å². The molecule has 0 heterocycles. The Morgan fingerprint density at radius 1 is 1.25 bits per heavy atom. The van der Waals surface area contributed by atoms with Gasteiger partial charge in [-0.15, -0.1) is 0 Å². The lowest BCUT2D eigenvalue weighted by Crippen LogP contribution is -2.38. The molecule has 0 spiro atoms. The molecule has 1 aromatic rings. The molecule has 1 aromatic carbocycles. The summed E-state index contributed by atoms with van der Waals surface area (Å²) in [6.45, 7) is 9.91. The normalized spacial score (nSPS) is 26.2. The molecule has 2 rings (SSSR count). The Morgan fingerprint density at radius 3 is 2.65 bits per heavy atom. The summed E-state index contributed by atoms with van der Waals surface area (Å²) in [6.07, 6.45) is 5.78. The van der Waals surface area contributed by atoms with E-state index in [4.69, 9.17) is 4.74 Å². The fourth-order valence-corrected chi connectivity index (χ4v) is 3.08. The number of benzene rings is 1. The Labute approximate surface area is 123 Å². The van der Waals surface area contributed by atoms with Crippen molar-refractivity contribution in [1.82, 2.24) is 5.32 Å². The summed E-state index contributed by atoms with van der Waals surface area (Å²) in [5, 5.41) is 3.71. The summed E-state index contributed by atoms with van der Waals surface area (Å²) in [4.78, 5) is 0. The Balaban J connectivity index is 1.80. The van der Waals surface area contributed by atoms with Crippen molar-refractivity contribution in [2.45, 2.75) is 45.7 Å². The summed E-state index contributed by atoms with van der Waals surface area (Å²) in [5.41, 5.74) is 1.32. The number of ether oxygens (including phenoxy) is 1. The fraction of sp³-hybridized carbons (Fsp3) is 0.556. The van der Waals surface area contributed by atoms with Crippen molar-refractivity contribution in [1.29, 1.82) is 0 Å². The summed E-state index contributed by atoms with van der Waals surface area (Å²) < 4.78 is 5.49. The molecule has 1 N–H and O–H groups in total. The molecule has 1 aliphatic rings. The molecule has 0 bridgehead atoms. The maximum atomic E-state index is 5.49. The zero-order valence-corrected chi connectivity index (χ0v) is 12.8. The topological polar surface area (TPSA) is 21.3 Å². The molecular formula is C18H27NO. The highest BCUT2D eigenvalue weighted by Crippen LogP contribution is 2.28. The van der Waals surface area contributed by atoms with Crippen molar-refractivity contribution in [3.05, 3.63) is 42.5 Å². The van der Waals surface area contributed by atoms with Crippen molar-refractivity contribution < 1.29 is 4.74 Å². The van der Waals surface area contributed by atoms with E-state index in [9.17, 15) is 0 Å². The monoisotopic (exact) mass is 273 g/mol. The van der Waals surface area contributed by atoms with E-state index in [0.29, 0.717) is 12.6 Å². The predicted molar refractivity (Wildman–Crippen MR) is 84.9 cm³/mol. The van der Waals surface area contributed by atoms with E-state index >= 15 is 0 Å². The lowest BCUT2D eigenvalue weighted by molar-refractivity contribution is 0.227. The molecule has 20 heavy (non-hydrogen) atoms. The van der Waals surface area contributed by atoms with E-state index in [1.54, 1.807) is 6.08 Å². The van der Waals surface area contributed by atoms with Gasteiger partial charge in [0.2, 0.25) is 0 Å². The molecule has 0 saturated heterocycles. The van der Waals surface area contributed by atoms with E-state index < -0.39 is 0 Å². The molecule has 3 atom stereocenters. The van der Waals surface area contributed by atoms with Gasteiger partial charge >= 0.3 is 0 Å². The van der Waals surface area contributed by atoms with Gasteiger partial charge in [-0.1, -0.05) is 38.6 Å². The van der Waals surface area contributed by atoms with Gasteiger partial charge in [0, 0.05) is 12.6 Å². The van der Waals surface area contributed by atoms with Crippen LogP contribution >= 0.6 is 0 Å². The Morgan fingerprint density at radius 2 is 2.00 bits per heavy atom. The highest BCUT2D eigenvalue weighted by molar-refractivity contribution is 5.27. The summed E-state index contributed by atoms with van der Waals surface area (Å²) in [7, 11) is 0. The van der Waals surface area contributed by atoms with Gasteiger partial charge in [0.05, 0.1) is 0 Å². The van der Waals surface area contributed by atoms with Crippen LogP contribution in [0.5, 0.6) is 5.75 Å². The van der Waals surface area contributed by atoms with Gasteiger partial charge in [0.15, 0.2) is 0 Å². The highest BCUT2D eigenvalue weighted by atomic mass is 16.5. The van der Waals surface area contributed by atoms with Crippen LogP contribution < -0.4 is 10.1 Å². The standard InChI is InChI=1S/C18H27NO/c1-4-11-20-17-8-6-16(7-9-17)13-19-18-10-5-14(2)12-15(18)3/h4,6-9,14-15,18-19H,1,5,10-13H2,2-3H3. The summed E-state index contributed by atoms with van der Waals surface area (Å²) >= 11 is 0. The Kier molecular flexibility index (Phi) is 5.66. The van der Waals surface area contributed by atoms with Crippen LogP contribution in [-0.2, 0) is 6.54 Å². The zero-order chi connectivity index (χ0) is 14.4. The molecule has 2 nitrogen and oxygen atoms in total. The van der Waals surface area contributed by atoms with Gasteiger partial charge in [-0.3, -0.25) is 0 Å². The molecule has 0 radical (unpaired) electrons. The van der Waals surface area contributed by atoms with Crippen molar-refractivity contribution in [2.75, 3.05) is 6.61 Å². The number of nitrogens with one attached hydrogen (secondary N) is 1. The maximum absolute atomic E-state index is 5.49. The summed E-state index contributed by atoms with van der Waals surface area (Å²) in [6, 6.07) is 9.02. The van der Waals surface area contributed by atoms with E-state index in [-0.39, 0.29) is 0 Å². The molecule has 0 amide bonds. The van der Waals surface area contributed by atoms with Gasteiger partial charge in [-0.05, 0) is 48.8 Å². The molecule has 110 valence electrons. The predicted octanol–water partition coefficient (Wildman–Crippen LogP) is 4.17. The van der Waals surface area contributed by atoms with Crippen molar-refractivity contribution in [3.8, 4) is 5.75 Å². The Hall–Kier alpha value is -1.28.